The van der Waals surface area contributed by atoms with E-state index in [1.165, 1.54) is 13.3 Å². The summed E-state index contributed by atoms with van der Waals surface area (Å²) < 4.78 is 7.08. The number of fused-ring (bicyclic) bond motifs is 1. The second-order valence-corrected chi connectivity index (χ2v) is 6.80. The molecule has 0 unspecified atom stereocenters. The molecule has 7 heteroatoms. The number of rotatable bonds is 4. The molecule has 0 saturated heterocycles. The Morgan fingerprint density at radius 2 is 1.93 bits per heavy atom. The zero-order valence-electron chi connectivity index (χ0n) is 15.7. The molecule has 29 heavy (non-hydrogen) atoms. The van der Waals surface area contributed by atoms with Crippen LogP contribution in [0.5, 0.6) is 5.75 Å². The standard InChI is InChI=1S/C22H15ClN4O2/c1-13(28)14-3-6-17(7-4-14)27-11-16(10-24)21-22(27)20(25-12-26-21)15-5-8-19(29-2)18(23)9-15/h3-9,11-12H,1-2H3. The molecule has 142 valence electrons. The van der Waals surface area contributed by atoms with Crippen LogP contribution in [-0.2, 0) is 0 Å². The molecular weight excluding hydrogens is 388 g/mol. The van der Waals surface area contributed by atoms with E-state index in [1.807, 2.05) is 22.8 Å². The highest BCUT2D eigenvalue weighted by molar-refractivity contribution is 6.32. The van der Waals surface area contributed by atoms with Crippen molar-refractivity contribution >= 4 is 28.4 Å². The lowest BCUT2D eigenvalue weighted by molar-refractivity contribution is 0.101. The molecule has 0 aliphatic carbocycles. The Kier molecular flexibility index (Phi) is 4.75. The van der Waals surface area contributed by atoms with E-state index in [9.17, 15) is 10.1 Å². The van der Waals surface area contributed by atoms with E-state index in [0.717, 1.165) is 11.3 Å². The van der Waals surface area contributed by atoms with Crippen molar-refractivity contribution in [1.82, 2.24) is 14.5 Å². The molecule has 2 aromatic heterocycles. The summed E-state index contributed by atoms with van der Waals surface area (Å²) in [4.78, 5) is 20.4. The SMILES string of the molecule is COc1ccc(-c2ncnc3c(C#N)cn(-c4ccc(C(C)=O)cc4)c23)cc1Cl. The van der Waals surface area contributed by atoms with Crippen LogP contribution in [0.4, 0.5) is 0 Å². The van der Waals surface area contributed by atoms with Crippen molar-refractivity contribution in [3.8, 4) is 28.8 Å². The minimum absolute atomic E-state index is 0.0106. The molecule has 4 aromatic rings. The van der Waals surface area contributed by atoms with Crippen LogP contribution in [0.15, 0.2) is 55.0 Å². The summed E-state index contributed by atoms with van der Waals surface area (Å²) in [5.41, 5.74) is 4.46. The highest BCUT2D eigenvalue weighted by atomic mass is 35.5. The first kappa shape index (κ1) is 18.7. The van der Waals surface area contributed by atoms with Gasteiger partial charge in [0.05, 0.1) is 28.9 Å². The molecule has 6 nitrogen and oxygen atoms in total. The van der Waals surface area contributed by atoms with Crippen LogP contribution in [0.3, 0.4) is 0 Å². The zero-order chi connectivity index (χ0) is 20.5. The Morgan fingerprint density at radius 1 is 1.17 bits per heavy atom. The summed E-state index contributed by atoms with van der Waals surface area (Å²) in [7, 11) is 1.55. The van der Waals surface area contributed by atoms with Gasteiger partial charge in [0.25, 0.3) is 0 Å². The molecule has 0 spiro atoms. The summed E-state index contributed by atoms with van der Waals surface area (Å²) in [5, 5.41) is 10.0. The van der Waals surface area contributed by atoms with Gasteiger partial charge in [0.15, 0.2) is 5.78 Å². The van der Waals surface area contributed by atoms with Crippen molar-refractivity contribution in [2.75, 3.05) is 7.11 Å². The number of aromatic nitrogens is 3. The van der Waals surface area contributed by atoms with E-state index in [0.29, 0.717) is 38.6 Å². The van der Waals surface area contributed by atoms with Crippen molar-refractivity contribution in [2.45, 2.75) is 6.92 Å². The van der Waals surface area contributed by atoms with Crippen molar-refractivity contribution in [3.63, 3.8) is 0 Å². The number of carbonyl (C=O) groups is 1. The first-order valence-electron chi connectivity index (χ1n) is 8.75. The molecule has 2 aromatic carbocycles. The molecule has 0 fully saturated rings. The van der Waals surface area contributed by atoms with Gasteiger partial charge in [0.2, 0.25) is 0 Å². The van der Waals surface area contributed by atoms with E-state index >= 15 is 0 Å². The maximum absolute atomic E-state index is 11.6. The number of nitrogens with zero attached hydrogens (tertiary/aromatic N) is 4. The normalized spacial score (nSPS) is 10.7. The average Bonchev–Trinajstić information content (AvgIpc) is 3.12. The highest BCUT2D eigenvalue weighted by Gasteiger charge is 2.18. The van der Waals surface area contributed by atoms with Gasteiger partial charge in [-0.15, -0.1) is 0 Å². The summed E-state index contributed by atoms with van der Waals surface area (Å²) in [5.74, 6) is 0.553. The van der Waals surface area contributed by atoms with Gasteiger partial charge in [-0.25, -0.2) is 9.97 Å². The maximum atomic E-state index is 11.6. The van der Waals surface area contributed by atoms with E-state index in [-0.39, 0.29) is 5.78 Å². The zero-order valence-corrected chi connectivity index (χ0v) is 16.4. The fourth-order valence-corrected chi connectivity index (χ4v) is 3.48. The lowest BCUT2D eigenvalue weighted by Gasteiger charge is -2.10. The Balaban J connectivity index is 1.98. The fraction of sp³-hybridized carbons (Fsp3) is 0.0909. The molecule has 0 radical (unpaired) electrons. The number of hydrogen-bond donors (Lipinski definition) is 0. The van der Waals surface area contributed by atoms with Gasteiger partial charge in [0, 0.05) is 23.0 Å². The number of benzene rings is 2. The number of ether oxygens (including phenoxy) is 1. The van der Waals surface area contributed by atoms with Crippen LogP contribution in [-0.4, -0.2) is 27.4 Å². The van der Waals surface area contributed by atoms with Gasteiger partial charge < -0.3 is 9.30 Å². The smallest absolute Gasteiger partial charge is 0.159 e. The highest BCUT2D eigenvalue weighted by Crippen LogP contribution is 2.34. The topological polar surface area (TPSA) is 80.8 Å². The van der Waals surface area contributed by atoms with Gasteiger partial charge in [-0.1, -0.05) is 11.6 Å². The summed E-state index contributed by atoms with van der Waals surface area (Å²) >= 11 is 6.31. The largest absolute Gasteiger partial charge is 0.495 e. The van der Waals surface area contributed by atoms with E-state index in [2.05, 4.69) is 16.0 Å². The van der Waals surface area contributed by atoms with Gasteiger partial charge in [0.1, 0.15) is 23.7 Å². The van der Waals surface area contributed by atoms with E-state index in [1.54, 1.807) is 37.6 Å². The van der Waals surface area contributed by atoms with Crippen LogP contribution >= 0.6 is 11.6 Å². The van der Waals surface area contributed by atoms with Crippen molar-refractivity contribution in [1.29, 1.82) is 5.26 Å². The van der Waals surface area contributed by atoms with Crippen LogP contribution in [0.25, 0.3) is 28.0 Å². The number of hydrogen-bond acceptors (Lipinski definition) is 5. The van der Waals surface area contributed by atoms with Crippen LogP contribution in [0, 0.1) is 11.3 Å². The maximum Gasteiger partial charge on any atom is 0.159 e. The Labute approximate surface area is 172 Å². The summed E-state index contributed by atoms with van der Waals surface area (Å²) in [6.45, 7) is 1.52. The van der Waals surface area contributed by atoms with Crippen LogP contribution in [0.1, 0.15) is 22.8 Å². The minimum atomic E-state index is -0.0106. The molecule has 0 atom stereocenters. The molecule has 4 rings (SSSR count). The predicted octanol–water partition coefficient (Wildman–Crippen LogP) is 4.82. The molecule has 0 aliphatic rings. The van der Waals surface area contributed by atoms with Crippen molar-refractivity contribution in [3.05, 3.63) is 71.1 Å². The molecular formula is C22H15ClN4O2. The van der Waals surface area contributed by atoms with Gasteiger partial charge in [-0.05, 0) is 49.4 Å². The van der Waals surface area contributed by atoms with Gasteiger partial charge in [-0.3, -0.25) is 4.79 Å². The quantitative estimate of drug-likeness (QED) is 0.457. The number of nitriles is 1. The second-order valence-electron chi connectivity index (χ2n) is 6.40. The lowest BCUT2D eigenvalue weighted by atomic mass is 10.1. The van der Waals surface area contributed by atoms with Gasteiger partial charge in [-0.2, -0.15) is 5.26 Å². The first-order chi connectivity index (χ1) is 14.0. The third-order valence-electron chi connectivity index (χ3n) is 4.67. The van der Waals surface area contributed by atoms with E-state index < -0.39 is 0 Å². The number of methoxy groups -OCH3 is 1. The number of halogens is 1. The molecule has 0 N–H and O–H groups in total. The molecule has 2 heterocycles. The fourth-order valence-electron chi connectivity index (χ4n) is 3.23. The van der Waals surface area contributed by atoms with Crippen molar-refractivity contribution < 1.29 is 9.53 Å². The number of carbonyl (C=O) groups excluding carboxylic acids is 1. The summed E-state index contributed by atoms with van der Waals surface area (Å²) in [6.07, 6.45) is 3.15. The van der Waals surface area contributed by atoms with Crippen molar-refractivity contribution in [2.24, 2.45) is 0 Å². The van der Waals surface area contributed by atoms with Gasteiger partial charge >= 0.3 is 0 Å². The Hall–Kier alpha value is -3.69. The Bertz CT molecular complexity index is 1290. The average molecular weight is 403 g/mol. The third kappa shape index (κ3) is 3.22. The monoisotopic (exact) mass is 402 g/mol. The third-order valence-corrected chi connectivity index (χ3v) is 4.97. The predicted molar refractivity (Wildman–Crippen MR) is 111 cm³/mol. The second kappa shape index (κ2) is 7.38. The molecule has 0 bridgehead atoms. The van der Waals surface area contributed by atoms with E-state index in [4.69, 9.17) is 16.3 Å². The first-order valence-corrected chi connectivity index (χ1v) is 9.12. The Morgan fingerprint density at radius 3 is 2.55 bits per heavy atom. The molecule has 0 amide bonds. The number of Topliss-reactive ketones (excluding diaryl/α,β-unsaturated/α-hetero) is 1. The van der Waals surface area contributed by atoms with Crippen LogP contribution < -0.4 is 4.74 Å². The number of ketones is 1. The summed E-state index contributed by atoms with van der Waals surface area (Å²) in [6, 6.07) is 14.7. The molecule has 0 aliphatic heterocycles. The van der Waals surface area contributed by atoms with Crippen LogP contribution in [0.2, 0.25) is 5.02 Å². The molecule has 0 saturated carbocycles. The minimum Gasteiger partial charge on any atom is -0.495 e. The lowest BCUT2D eigenvalue weighted by Crippen LogP contribution is -1.98.